The maximum absolute atomic E-state index is 5.88. The number of hydrogen-bond donors (Lipinski definition) is 1. The van der Waals surface area contributed by atoms with Crippen LogP contribution < -0.4 is 5.32 Å². The van der Waals surface area contributed by atoms with Gasteiger partial charge < -0.3 is 9.88 Å². The van der Waals surface area contributed by atoms with Gasteiger partial charge in [-0.3, -0.25) is 0 Å². The van der Waals surface area contributed by atoms with Crippen molar-refractivity contribution in [1.29, 1.82) is 0 Å². The number of rotatable bonds is 4. The lowest BCUT2D eigenvalue weighted by atomic mass is 10.1. The third-order valence-corrected chi connectivity index (χ3v) is 3.95. The molecule has 2 aromatic heterocycles. The summed E-state index contributed by atoms with van der Waals surface area (Å²) < 4.78 is 2.59. The minimum Gasteiger partial charge on any atom is -0.378 e. The van der Waals surface area contributed by atoms with Gasteiger partial charge in [0.2, 0.25) is 0 Å². The molecule has 3 rings (SSSR count). The molecule has 3 aromatic rings. The highest BCUT2D eigenvalue weighted by Gasteiger charge is 2.10. The maximum atomic E-state index is 5.88. The molecule has 7 heteroatoms. The molecule has 0 spiro atoms. The molecule has 0 radical (unpaired) electrons. The quantitative estimate of drug-likeness (QED) is 0.804. The minimum absolute atomic E-state index is 0.631. The van der Waals surface area contributed by atoms with Crippen LogP contribution in [0.15, 0.2) is 36.8 Å². The van der Waals surface area contributed by atoms with Crippen LogP contribution in [0.2, 0.25) is 4.34 Å². The number of para-hydroxylation sites is 1. The van der Waals surface area contributed by atoms with Crippen molar-refractivity contribution < 1.29 is 0 Å². The first-order valence-corrected chi connectivity index (χ1v) is 7.21. The maximum Gasteiger partial charge on any atom is 0.165 e. The fourth-order valence-corrected chi connectivity index (χ4v) is 2.80. The Bertz CT molecular complexity index is 721. The fraction of sp³-hybridized carbons (Fsp3) is 0.154. The zero-order chi connectivity index (χ0) is 13.9. The van der Waals surface area contributed by atoms with Crippen LogP contribution in [-0.4, -0.2) is 19.7 Å². The van der Waals surface area contributed by atoms with E-state index in [4.69, 9.17) is 11.6 Å². The molecule has 1 N–H and O–H groups in total. The van der Waals surface area contributed by atoms with Gasteiger partial charge in [0.15, 0.2) is 5.82 Å². The second-order valence-corrected chi connectivity index (χ2v) is 5.97. The van der Waals surface area contributed by atoms with Gasteiger partial charge in [-0.05, 0) is 12.1 Å². The summed E-state index contributed by atoms with van der Waals surface area (Å²) in [4.78, 5) is 4.23. The van der Waals surface area contributed by atoms with Crippen molar-refractivity contribution in [3.05, 3.63) is 46.1 Å². The molecule has 20 heavy (non-hydrogen) atoms. The van der Waals surface area contributed by atoms with Gasteiger partial charge >= 0.3 is 0 Å². The molecular formula is C13H12ClN5S. The van der Waals surface area contributed by atoms with Crippen molar-refractivity contribution in [1.82, 2.24) is 19.7 Å². The first-order chi connectivity index (χ1) is 9.74. The van der Waals surface area contributed by atoms with Crippen molar-refractivity contribution in [3.63, 3.8) is 0 Å². The molecule has 0 aliphatic carbocycles. The molecule has 0 unspecified atom stereocenters. The zero-order valence-electron chi connectivity index (χ0n) is 10.7. The molecule has 0 aliphatic rings. The van der Waals surface area contributed by atoms with Gasteiger partial charge in [0.05, 0.1) is 12.7 Å². The Morgan fingerprint density at radius 3 is 2.90 bits per heavy atom. The van der Waals surface area contributed by atoms with E-state index in [0.29, 0.717) is 10.9 Å². The Hall–Kier alpha value is -1.92. The Balaban J connectivity index is 1.85. The summed E-state index contributed by atoms with van der Waals surface area (Å²) >= 11 is 7.35. The molecular weight excluding hydrogens is 294 g/mol. The molecule has 0 bridgehead atoms. The summed E-state index contributed by atoms with van der Waals surface area (Å²) in [7, 11) is 1.92. The Morgan fingerprint density at radius 1 is 1.35 bits per heavy atom. The van der Waals surface area contributed by atoms with Crippen LogP contribution in [-0.2, 0) is 13.6 Å². The number of aromatic nitrogens is 4. The zero-order valence-corrected chi connectivity index (χ0v) is 12.3. The fourth-order valence-electron chi connectivity index (χ4n) is 1.90. The van der Waals surface area contributed by atoms with E-state index in [1.807, 2.05) is 35.9 Å². The van der Waals surface area contributed by atoms with Gasteiger partial charge in [-0.2, -0.15) is 0 Å². The van der Waals surface area contributed by atoms with E-state index in [-0.39, 0.29) is 0 Å². The number of benzene rings is 1. The molecule has 0 amide bonds. The monoisotopic (exact) mass is 305 g/mol. The normalized spacial score (nSPS) is 10.7. The van der Waals surface area contributed by atoms with E-state index in [1.165, 1.54) is 11.3 Å². The SMILES string of the molecule is Cn1cnnc1-c1ccccc1NCc1ncc(Cl)s1. The average Bonchev–Trinajstić information content (AvgIpc) is 3.05. The predicted octanol–water partition coefficient (Wildman–Crippen LogP) is 3.20. The summed E-state index contributed by atoms with van der Waals surface area (Å²) in [6.07, 6.45) is 3.35. The van der Waals surface area contributed by atoms with Gasteiger partial charge in [0.1, 0.15) is 15.7 Å². The van der Waals surface area contributed by atoms with E-state index in [0.717, 1.165) is 22.1 Å². The summed E-state index contributed by atoms with van der Waals surface area (Å²) in [6.45, 7) is 0.631. The van der Waals surface area contributed by atoms with Gasteiger partial charge in [0.25, 0.3) is 0 Å². The van der Waals surface area contributed by atoms with Crippen LogP contribution in [0.1, 0.15) is 5.01 Å². The van der Waals surface area contributed by atoms with Crippen molar-refractivity contribution in [3.8, 4) is 11.4 Å². The highest BCUT2D eigenvalue weighted by Crippen LogP contribution is 2.26. The Morgan fingerprint density at radius 2 is 2.20 bits per heavy atom. The molecule has 1 aromatic carbocycles. The third kappa shape index (κ3) is 2.66. The van der Waals surface area contributed by atoms with E-state index in [1.54, 1.807) is 12.5 Å². The third-order valence-electron chi connectivity index (χ3n) is 2.83. The van der Waals surface area contributed by atoms with Crippen molar-refractivity contribution in [2.45, 2.75) is 6.54 Å². The Kier molecular flexibility index (Phi) is 3.66. The lowest BCUT2D eigenvalue weighted by Gasteiger charge is -2.10. The van der Waals surface area contributed by atoms with Crippen LogP contribution in [0.3, 0.4) is 0 Å². The number of aryl methyl sites for hydroxylation is 1. The number of halogens is 1. The number of hydrogen-bond acceptors (Lipinski definition) is 5. The van der Waals surface area contributed by atoms with Crippen molar-refractivity contribution >= 4 is 28.6 Å². The van der Waals surface area contributed by atoms with Gasteiger partial charge in [-0.15, -0.1) is 21.5 Å². The molecule has 102 valence electrons. The number of nitrogens with zero attached hydrogens (tertiary/aromatic N) is 4. The molecule has 0 saturated heterocycles. The van der Waals surface area contributed by atoms with E-state index in [9.17, 15) is 0 Å². The van der Waals surface area contributed by atoms with Crippen LogP contribution in [0, 0.1) is 0 Å². The van der Waals surface area contributed by atoms with Gasteiger partial charge in [-0.1, -0.05) is 23.7 Å². The lowest BCUT2D eigenvalue weighted by Crippen LogP contribution is -2.02. The van der Waals surface area contributed by atoms with Crippen molar-refractivity contribution in [2.75, 3.05) is 5.32 Å². The van der Waals surface area contributed by atoms with E-state index >= 15 is 0 Å². The highest BCUT2D eigenvalue weighted by atomic mass is 35.5. The smallest absolute Gasteiger partial charge is 0.165 e. The molecule has 0 aliphatic heterocycles. The van der Waals surface area contributed by atoms with Crippen molar-refractivity contribution in [2.24, 2.45) is 7.05 Å². The number of anilines is 1. The first-order valence-electron chi connectivity index (χ1n) is 6.01. The predicted molar refractivity (Wildman–Crippen MR) is 80.9 cm³/mol. The molecule has 0 saturated carbocycles. The van der Waals surface area contributed by atoms with Crippen LogP contribution in [0.5, 0.6) is 0 Å². The van der Waals surface area contributed by atoms with E-state index in [2.05, 4.69) is 20.5 Å². The standard InChI is InChI=1S/C13H12ClN5S/c1-19-8-17-18-13(19)9-4-2-3-5-10(9)15-7-12-16-6-11(14)20-12/h2-6,8,15H,7H2,1H3. The summed E-state index contributed by atoms with van der Waals surface area (Å²) in [5, 5.41) is 12.4. The van der Waals surface area contributed by atoms with Crippen LogP contribution >= 0.6 is 22.9 Å². The van der Waals surface area contributed by atoms with Crippen LogP contribution in [0.4, 0.5) is 5.69 Å². The summed E-state index contributed by atoms with van der Waals surface area (Å²) in [5.74, 6) is 0.824. The number of thiazole rings is 1. The molecule has 0 atom stereocenters. The minimum atomic E-state index is 0.631. The Labute approximate surface area is 125 Å². The second-order valence-electron chi connectivity index (χ2n) is 4.22. The summed E-state index contributed by atoms with van der Waals surface area (Å²) in [5.41, 5.74) is 2.00. The second kappa shape index (κ2) is 5.60. The largest absolute Gasteiger partial charge is 0.378 e. The van der Waals surface area contributed by atoms with E-state index < -0.39 is 0 Å². The topological polar surface area (TPSA) is 55.6 Å². The van der Waals surface area contributed by atoms with Gasteiger partial charge in [0, 0.05) is 18.3 Å². The summed E-state index contributed by atoms with van der Waals surface area (Å²) in [6, 6.07) is 7.99. The first kappa shape index (κ1) is 13.1. The highest BCUT2D eigenvalue weighted by molar-refractivity contribution is 7.15. The molecule has 0 fully saturated rings. The molecule has 5 nitrogen and oxygen atoms in total. The lowest BCUT2D eigenvalue weighted by molar-refractivity contribution is 0.919. The van der Waals surface area contributed by atoms with Gasteiger partial charge in [-0.25, -0.2) is 4.98 Å². The number of nitrogens with one attached hydrogen (secondary N) is 1. The average molecular weight is 306 g/mol. The van der Waals surface area contributed by atoms with Crippen LogP contribution in [0.25, 0.3) is 11.4 Å². The molecule has 2 heterocycles.